The second-order valence-corrected chi connectivity index (χ2v) is 6.90. The molecule has 17 heavy (non-hydrogen) atoms. The quantitative estimate of drug-likeness (QED) is 0.855. The van der Waals surface area contributed by atoms with Gasteiger partial charge in [-0.15, -0.1) is 0 Å². The molecule has 1 aromatic rings. The third-order valence-corrected chi connectivity index (χ3v) is 5.38. The first kappa shape index (κ1) is 12.9. The van der Waals surface area contributed by atoms with Gasteiger partial charge in [0.25, 0.3) is 0 Å². The van der Waals surface area contributed by atoms with Gasteiger partial charge >= 0.3 is 0 Å². The SMILES string of the molecule is NCc1cccc(S(=O)(=O)NC2CCSC2)c1. The van der Waals surface area contributed by atoms with Crippen LogP contribution < -0.4 is 10.5 Å². The van der Waals surface area contributed by atoms with Crippen molar-refractivity contribution in [2.24, 2.45) is 5.73 Å². The van der Waals surface area contributed by atoms with Crippen LogP contribution in [0.25, 0.3) is 0 Å². The van der Waals surface area contributed by atoms with Gasteiger partial charge in [-0.25, -0.2) is 13.1 Å². The molecule has 0 bridgehead atoms. The van der Waals surface area contributed by atoms with E-state index in [1.807, 2.05) is 6.07 Å². The fourth-order valence-electron chi connectivity index (χ4n) is 1.75. The molecular weight excluding hydrogens is 256 g/mol. The van der Waals surface area contributed by atoms with Gasteiger partial charge in [0.2, 0.25) is 10.0 Å². The minimum Gasteiger partial charge on any atom is -0.326 e. The van der Waals surface area contributed by atoms with Crippen molar-refractivity contribution < 1.29 is 8.42 Å². The lowest BCUT2D eigenvalue weighted by atomic mass is 10.2. The molecule has 0 amide bonds. The highest BCUT2D eigenvalue weighted by Gasteiger charge is 2.23. The Morgan fingerprint density at radius 1 is 1.47 bits per heavy atom. The number of rotatable bonds is 4. The summed E-state index contributed by atoms with van der Waals surface area (Å²) in [6.07, 6.45) is 0.903. The van der Waals surface area contributed by atoms with Crippen LogP contribution in [0.1, 0.15) is 12.0 Å². The highest BCUT2D eigenvalue weighted by Crippen LogP contribution is 2.20. The van der Waals surface area contributed by atoms with E-state index >= 15 is 0 Å². The zero-order valence-electron chi connectivity index (χ0n) is 9.43. The molecule has 1 aromatic carbocycles. The summed E-state index contributed by atoms with van der Waals surface area (Å²) in [4.78, 5) is 0.303. The molecule has 1 fully saturated rings. The third-order valence-electron chi connectivity index (χ3n) is 2.70. The Morgan fingerprint density at radius 2 is 2.29 bits per heavy atom. The fraction of sp³-hybridized carbons (Fsp3) is 0.455. The molecule has 1 atom stereocenters. The molecular formula is C11H16N2O2S2. The number of thioether (sulfide) groups is 1. The predicted octanol–water partition coefficient (Wildman–Crippen LogP) is 0.929. The molecule has 1 aliphatic rings. The summed E-state index contributed by atoms with van der Waals surface area (Å²) >= 11 is 1.78. The predicted molar refractivity (Wildman–Crippen MR) is 70.4 cm³/mol. The first-order valence-electron chi connectivity index (χ1n) is 5.51. The van der Waals surface area contributed by atoms with Crippen LogP contribution in [0.4, 0.5) is 0 Å². The van der Waals surface area contributed by atoms with Crippen molar-refractivity contribution in [3.8, 4) is 0 Å². The molecule has 0 spiro atoms. The molecule has 1 unspecified atom stereocenters. The van der Waals surface area contributed by atoms with Gasteiger partial charge in [0.15, 0.2) is 0 Å². The molecule has 1 heterocycles. The van der Waals surface area contributed by atoms with Gasteiger partial charge in [0.05, 0.1) is 4.90 Å². The summed E-state index contributed by atoms with van der Waals surface area (Å²) in [7, 11) is -3.40. The van der Waals surface area contributed by atoms with E-state index in [-0.39, 0.29) is 6.04 Å². The average Bonchev–Trinajstić information content (AvgIpc) is 2.81. The maximum atomic E-state index is 12.1. The highest BCUT2D eigenvalue weighted by molar-refractivity contribution is 7.99. The fourth-order valence-corrected chi connectivity index (χ4v) is 4.35. The van der Waals surface area contributed by atoms with Gasteiger partial charge in [0.1, 0.15) is 0 Å². The Morgan fingerprint density at radius 3 is 2.94 bits per heavy atom. The van der Waals surface area contributed by atoms with Crippen LogP contribution in [-0.4, -0.2) is 26.0 Å². The lowest BCUT2D eigenvalue weighted by Crippen LogP contribution is -2.34. The Kier molecular flexibility index (Phi) is 4.09. The van der Waals surface area contributed by atoms with E-state index < -0.39 is 10.0 Å². The van der Waals surface area contributed by atoms with E-state index in [1.165, 1.54) is 0 Å². The molecule has 3 N–H and O–H groups in total. The second kappa shape index (κ2) is 5.39. The van der Waals surface area contributed by atoms with E-state index in [1.54, 1.807) is 30.0 Å². The largest absolute Gasteiger partial charge is 0.326 e. The van der Waals surface area contributed by atoms with Crippen molar-refractivity contribution in [3.63, 3.8) is 0 Å². The number of hydrogen-bond acceptors (Lipinski definition) is 4. The zero-order chi connectivity index (χ0) is 12.3. The molecule has 0 saturated carbocycles. The normalized spacial score (nSPS) is 20.6. The van der Waals surface area contributed by atoms with Crippen molar-refractivity contribution in [2.45, 2.75) is 23.9 Å². The van der Waals surface area contributed by atoms with Gasteiger partial charge in [0, 0.05) is 18.3 Å². The van der Waals surface area contributed by atoms with Gasteiger partial charge in [-0.1, -0.05) is 12.1 Å². The van der Waals surface area contributed by atoms with Crippen LogP contribution in [-0.2, 0) is 16.6 Å². The van der Waals surface area contributed by atoms with Gasteiger partial charge in [-0.05, 0) is 29.9 Å². The standard InChI is InChI=1S/C11H16N2O2S2/c12-7-9-2-1-3-11(6-9)17(14,15)13-10-4-5-16-8-10/h1-3,6,10,13H,4-5,7-8,12H2. The molecule has 2 rings (SSSR count). The Labute approximate surface area is 106 Å². The van der Waals surface area contributed by atoms with Gasteiger partial charge in [-0.3, -0.25) is 0 Å². The molecule has 1 aliphatic heterocycles. The first-order chi connectivity index (χ1) is 8.12. The lowest BCUT2D eigenvalue weighted by molar-refractivity contribution is 0.563. The first-order valence-corrected chi connectivity index (χ1v) is 8.15. The van der Waals surface area contributed by atoms with Gasteiger partial charge < -0.3 is 5.73 Å². The summed E-state index contributed by atoms with van der Waals surface area (Å²) in [5.41, 5.74) is 6.33. The van der Waals surface area contributed by atoms with Crippen LogP contribution in [0.5, 0.6) is 0 Å². The average molecular weight is 272 g/mol. The van der Waals surface area contributed by atoms with Gasteiger partial charge in [-0.2, -0.15) is 11.8 Å². The van der Waals surface area contributed by atoms with Crippen molar-refractivity contribution in [2.75, 3.05) is 11.5 Å². The van der Waals surface area contributed by atoms with Crippen LogP contribution in [0.3, 0.4) is 0 Å². The van der Waals surface area contributed by atoms with E-state index in [9.17, 15) is 8.42 Å². The maximum absolute atomic E-state index is 12.1. The topological polar surface area (TPSA) is 72.2 Å². The molecule has 1 saturated heterocycles. The summed E-state index contributed by atoms with van der Waals surface area (Å²) in [6.45, 7) is 0.350. The Bertz CT molecular complexity index is 482. The lowest BCUT2D eigenvalue weighted by Gasteiger charge is -2.12. The molecule has 0 aliphatic carbocycles. The number of sulfonamides is 1. The molecule has 0 aromatic heterocycles. The van der Waals surface area contributed by atoms with Crippen LogP contribution in [0.2, 0.25) is 0 Å². The summed E-state index contributed by atoms with van der Waals surface area (Å²) in [6, 6.07) is 6.84. The van der Waals surface area contributed by atoms with Crippen LogP contribution in [0, 0.1) is 0 Å². The summed E-state index contributed by atoms with van der Waals surface area (Å²) in [5, 5.41) is 0. The maximum Gasteiger partial charge on any atom is 0.240 e. The van der Waals surface area contributed by atoms with Crippen LogP contribution in [0.15, 0.2) is 29.2 Å². The number of hydrogen-bond donors (Lipinski definition) is 2. The zero-order valence-corrected chi connectivity index (χ0v) is 11.1. The molecule has 94 valence electrons. The Balaban J connectivity index is 2.18. The van der Waals surface area contributed by atoms with Crippen molar-refractivity contribution in [1.29, 1.82) is 0 Å². The number of nitrogens with one attached hydrogen (secondary N) is 1. The summed E-state index contributed by atoms with van der Waals surface area (Å²) in [5.74, 6) is 1.88. The third kappa shape index (κ3) is 3.22. The number of nitrogens with two attached hydrogens (primary N) is 1. The highest BCUT2D eigenvalue weighted by atomic mass is 32.2. The van der Waals surface area contributed by atoms with E-state index in [4.69, 9.17) is 5.73 Å². The molecule has 6 heteroatoms. The summed E-state index contributed by atoms with van der Waals surface area (Å²) < 4.78 is 26.9. The van der Waals surface area contributed by atoms with Crippen LogP contribution >= 0.6 is 11.8 Å². The minimum atomic E-state index is -3.40. The van der Waals surface area contributed by atoms with E-state index in [2.05, 4.69) is 4.72 Å². The van der Waals surface area contributed by atoms with Crippen molar-refractivity contribution in [3.05, 3.63) is 29.8 Å². The monoisotopic (exact) mass is 272 g/mol. The Hall–Kier alpha value is -0.560. The van der Waals surface area contributed by atoms with E-state index in [0.29, 0.717) is 11.4 Å². The minimum absolute atomic E-state index is 0.0616. The smallest absolute Gasteiger partial charge is 0.240 e. The molecule has 4 nitrogen and oxygen atoms in total. The second-order valence-electron chi connectivity index (χ2n) is 4.03. The van der Waals surface area contributed by atoms with Crippen molar-refractivity contribution >= 4 is 21.8 Å². The van der Waals surface area contributed by atoms with Crippen molar-refractivity contribution in [1.82, 2.24) is 4.72 Å². The number of benzene rings is 1. The van der Waals surface area contributed by atoms with E-state index in [0.717, 1.165) is 23.5 Å². The molecule has 0 radical (unpaired) electrons.